The van der Waals surface area contributed by atoms with Crippen molar-refractivity contribution in [3.63, 3.8) is 0 Å². The molecular weight excluding hydrogens is 442 g/mol. The van der Waals surface area contributed by atoms with Gasteiger partial charge < -0.3 is 24.3 Å². The Morgan fingerprint density at radius 1 is 0.743 bits per heavy atom. The summed E-state index contributed by atoms with van der Waals surface area (Å²) in [6.07, 6.45) is 0. The van der Waals surface area contributed by atoms with Gasteiger partial charge in [-0.1, -0.05) is 30.3 Å². The molecule has 0 saturated carbocycles. The van der Waals surface area contributed by atoms with E-state index in [1.807, 2.05) is 79.7 Å². The minimum atomic E-state index is -0.261. The highest BCUT2D eigenvalue weighted by Gasteiger charge is 2.14. The number of methoxy groups -OCH3 is 1. The van der Waals surface area contributed by atoms with Crippen molar-refractivity contribution in [1.82, 2.24) is 0 Å². The summed E-state index contributed by atoms with van der Waals surface area (Å²) in [7, 11) is 1.62. The molecule has 4 aromatic rings. The van der Waals surface area contributed by atoms with Crippen molar-refractivity contribution in [2.75, 3.05) is 19.0 Å². The fourth-order valence-corrected chi connectivity index (χ4v) is 3.43. The number of carbonyl (C=O) groups excluding carboxylic acids is 1. The van der Waals surface area contributed by atoms with Crippen molar-refractivity contribution >= 4 is 11.6 Å². The topological polar surface area (TPSA) is 66.0 Å². The number of hydrogen-bond donors (Lipinski definition) is 1. The lowest BCUT2D eigenvalue weighted by atomic mass is 10.1. The molecular formula is C29H27NO5. The number of anilines is 1. The van der Waals surface area contributed by atoms with Crippen LogP contribution in [0.2, 0.25) is 0 Å². The molecule has 1 amide bonds. The molecule has 0 heterocycles. The summed E-state index contributed by atoms with van der Waals surface area (Å²) in [5.74, 6) is 3.10. The van der Waals surface area contributed by atoms with E-state index in [0.717, 1.165) is 11.3 Å². The summed E-state index contributed by atoms with van der Waals surface area (Å²) in [6.45, 7) is 2.67. The quantitative estimate of drug-likeness (QED) is 0.279. The minimum Gasteiger partial charge on any atom is -0.497 e. The molecule has 0 atom stereocenters. The predicted octanol–water partition coefficient (Wildman–Crippen LogP) is 6.72. The molecule has 0 spiro atoms. The zero-order chi connectivity index (χ0) is 24.5. The molecule has 0 fully saturated rings. The molecule has 6 heteroatoms. The number of amides is 1. The van der Waals surface area contributed by atoms with Crippen molar-refractivity contribution in [2.24, 2.45) is 0 Å². The standard InChI is InChI=1S/C29H27NO5/c1-3-33-27-18-13-21(19-22(27)20-34-24-16-14-23(32-2)15-17-24)29(31)30-26-11-7-8-12-28(26)35-25-9-5-4-6-10-25/h4-19H,3,20H2,1-2H3,(H,30,31). The van der Waals surface area contributed by atoms with Gasteiger partial charge in [-0.25, -0.2) is 0 Å². The molecule has 0 aromatic heterocycles. The number of carbonyl (C=O) groups is 1. The Hall–Kier alpha value is -4.45. The molecule has 6 nitrogen and oxygen atoms in total. The molecule has 0 bridgehead atoms. The highest BCUT2D eigenvalue weighted by atomic mass is 16.5. The second-order valence-electron chi connectivity index (χ2n) is 7.59. The van der Waals surface area contributed by atoms with Crippen molar-refractivity contribution in [3.05, 3.63) is 108 Å². The first kappa shape index (κ1) is 23.7. The van der Waals surface area contributed by atoms with Crippen molar-refractivity contribution in [3.8, 4) is 28.7 Å². The SMILES string of the molecule is CCOc1ccc(C(=O)Nc2ccccc2Oc2ccccc2)cc1COc1ccc(OC)cc1. The van der Waals surface area contributed by atoms with Gasteiger partial charge in [0.05, 0.1) is 19.4 Å². The summed E-state index contributed by atoms with van der Waals surface area (Å²) in [5.41, 5.74) is 1.83. The van der Waals surface area contributed by atoms with Crippen LogP contribution in [0.5, 0.6) is 28.7 Å². The van der Waals surface area contributed by atoms with Crippen molar-refractivity contribution in [1.29, 1.82) is 0 Å². The number of rotatable bonds is 10. The molecule has 178 valence electrons. The largest absolute Gasteiger partial charge is 0.497 e. The lowest BCUT2D eigenvalue weighted by Gasteiger charge is -2.15. The van der Waals surface area contributed by atoms with E-state index in [4.69, 9.17) is 18.9 Å². The molecule has 0 aliphatic rings. The number of nitrogens with one attached hydrogen (secondary N) is 1. The van der Waals surface area contributed by atoms with Crippen LogP contribution in [0.4, 0.5) is 5.69 Å². The monoisotopic (exact) mass is 469 g/mol. The van der Waals surface area contributed by atoms with Gasteiger partial charge >= 0.3 is 0 Å². The van der Waals surface area contributed by atoms with Crippen LogP contribution in [0.3, 0.4) is 0 Å². The summed E-state index contributed by atoms with van der Waals surface area (Å²) in [5, 5.41) is 2.95. The number of para-hydroxylation sites is 3. The van der Waals surface area contributed by atoms with Gasteiger partial charge in [0.25, 0.3) is 5.91 Å². The molecule has 4 rings (SSSR count). The second-order valence-corrected chi connectivity index (χ2v) is 7.59. The molecule has 0 saturated heterocycles. The van der Waals surface area contributed by atoms with Crippen LogP contribution in [-0.2, 0) is 6.61 Å². The second kappa shape index (κ2) is 11.6. The van der Waals surface area contributed by atoms with Crippen LogP contribution in [0.15, 0.2) is 97.1 Å². The Morgan fingerprint density at radius 2 is 1.46 bits per heavy atom. The average molecular weight is 470 g/mol. The van der Waals surface area contributed by atoms with E-state index < -0.39 is 0 Å². The van der Waals surface area contributed by atoms with Gasteiger partial charge in [-0.3, -0.25) is 4.79 Å². The average Bonchev–Trinajstić information content (AvgIpc) is 2.90. The van der Waals surface area contributed by atoms with E-state index in [1.54, 1.807) is 31.4 Å². The maximum atomic E-state index is 13.1. The lowest BCUT2D eigenvalue weighted by molar-refractivity contribution is 0.102. The molecule has 4 aromatic carbocycles. The van der Waals surface area contributed by atoms with Crippen molar-refractivity contribution in [2.45, 2.75) is 13.5 Å². The van der Waals surface area contributed by atoms with Gasteiger partial charge in [0, 0.05) is 11.1 Å². The first-order valence-corrected chi connectivity index (χ1v) is 11.3. The Labute approximate surface area is 205 Å². The van der Waals surface area contributed by atoms with Gasteiger partial charge in [0.2, 0.25) is 0 Å². The molecule has 0 unspecified atom stereocenters. The molecule has 0 aliphatic carbocycles. The third kappa shape index (κ3) is 6.32. The van der Waals surface area contributed by atoms with Gasteiger partial charge in [0.1, 0.15) is 29.6 Å². The zero-order valence-corrected chi connectivity index (χ0v) is 19.7. The highest BCUT2D eigenvalue weighted by Crippen LogP contribution is 2.30. The normalized spacial score (nSPS) is 10.3. The third-order valence-electron chi connectivity index (χ3n) is 5.18. The van der Waals surface area contributed by atoms with E-state index in [9.17, 15) is 4.79 Å². The lowest BCUT2D eigenvalue weighted by Crippen LogP contribution is -2.13. The van der Waals surface area contributed by atoms with Crippen LogP contribution in [0, 0.1) is 0 Å². The Kier molecular flexibility index (Phi) is 7.86. The van der Waals surface area contributed by atoms with Crippen molar-refractivity contribution < 1.29 is 23.7 Å². The van der Waals surface area contributed by atoms with Crippen LogP contribution in [0.25, 0.3) is 0 Å². The van der Waals surface area contributed by atoms with Gasteiger partial charge in [-0.05, 0) is 73.7 Å². The third-order valence-corrected chi connectivity index (χ3v) is 5.18. The molecule has 0 aliphatic heterocycles. The Balaban J connectivity index is 1.51. The highest BCUT2D eigenvalue weighted by molar-refractivity contribution is 6.05. The molecule has 35 heavy (non-hydrogen) atoms. The fourth-order valence-electron chi connectivity index (χ4n) is 3.43. The van der Waals surface area contributed by atoms with E-state index >= 15 is 0 Å². The summed E-state index contributed by atoms with van der Waals surface area (Å²) < 4.78 is 22.8. The van der Waals surface area contributed by atoms with Gasteiger partial charge in [-0.2, -0.15) is 0 Å². The maximum absolute atomic E-state index is 13.1. The van der Waals surface area contributed by atoms with Crippen LogP contribution in [-0.4, -0.2) is 19.6 Å². The van der Waals surface area contributed by atoms with Gasteiger partial charge in [-0.15, -0.1) is 0 Å². The predicted molar refractivity (Wildman–Crippen MR) is 136 cm³/mol. The Morgan fingerprint density at radius 3 is 2.20 bits per heavy atom. The molecule has 0 radical (unpaired) electrons. The zero-order valence-electron chi connectivity index (χ0n) is 19.7. The number of ether oxygens (including phenoxy) is 4. The summed E-state index contributed by atoms with van der Waals surface area (Å²) >= 11 is 0. The van der Waals surface area contributed by atoms with E-state index in [-0.39, 0.29) is 12.5 Å². The van der Waals surface area contributed by atoms with Crippen LogP contribution < -0.4 is 24.3 Å². The maximum Gasteiger partial charge on any atom is 0.255 e. The first-order valence-electron chi connectivity index (χ1n) is 11.3. The van der Waals surface area contributed by atoms with Gasteiger partial charge in [0.15, 0.2) is 5.75 Å². The Bertz CT molecular complexity index is 1260. The van der Waals surface area contributed by atoms with E-state index in [0.29, 0.717) is 40.9 Å². The summed E-state index contributed by atoms with van der Waals surface area (Å²) in [6, 6.07) is 29.4. The van der Waals surface area contributed by atoms with E-state index in [2.05, 4.69) is 5.32 Å². The van der Waals surface area contributed by atoms with E-state index in [1.165, 1.54) is 0 Å². The minimum absolute atomic E-state index is 0.247. The molecule has 1 N–H and O–H groups in total. The fraction of sp³-hybridized carbons (Fsp3) is 0.138. The summed E-state index contributed by atoms with van der Waals surface area (Å²) in [4.78, 5) is 13.1. The smallest absolute Gasteiger partial charge is 0.255 e. The number of hydrogen-bond acceptors (Lipinski definition) is 5. The van der Waals surface area contributed by atoms with Crippen LogP contribution in [0.1, 0.15) is 22.8 Å². The number of benzene rings is 4. The van der Waals surface area contributed by atoms with Crippen LogP contribution >= 0.6 is 0 Å². The first-order chi connectivity index (χ1) is 17.2.